The van der Waals surface area contributed by atoms with Crippen LogP contribution >= 0.6 is 22.6 Å². The van der Waals surface area contributed by atoms with Crippen LogP contribution in [0.3, 0.4) is 0 Å². The van der Waals surface area contributed by atoms with Gasteiger partial charge in [0.15, 0.2) is 0 Å². The second kappa shape index (κ2) is 8.05. The molecule has 0 radical (unpaired) electrons. The van der Waals surface area contributed by atoms with Crippen LogP contribution in [0.1, 0.15) is 15.9 Å². The van der Waals surface area contributed by atoms with E-state index in [0.717, 1.165) is 15.2 Å². The summed E-state index contributed by atoms with van der Waals surface area (Å²) in [6.07, 6.45) is 0.296. The van der Waals surface area contributed by atoms with Crippen molar-refractivity contribution in [2.75, 3.05) is 7.11 Å². The van der Waals surface area contributed by atoms with Crippen LogP contribution in [-0.2, 0) is 16.0 Å². The summed E-state index contributed by atoms with van der Waals surface area (Å²) in [5.74, 6) is -1.58. The summed E-state index contributed by atoms with van der Waals surface area (Å²) in [4.78, 5) is 24.1. The van der Waals surface area contributed by atoms with Gasteiger partial charge in [-0.05, 0) is 58.5 Å². The number of esters is 1. The van der Waals surface area contributed by atoms with Gasteiger partial charge in [0, 0.05) is 15.6 Å². The minimum absolute atomic E-state index is 0.154. The maximum atomic E-state index is 13.2. The number of rotatable bonds is 5. The smallest absolute Gasteiger partial charge is 0.328 e. The number of amides is 1. The predicted octanol–water partition coefficient (Wildman–Crippen LogP) is 2.94. The van der Waals surface area contributed by atoms with Crippen LogP contribution in [0.5, 0.6) is 0 Å². The molecule has 0 saturated heterocycles. The minimum Gasteiger partial charge on any atom is -0.467 e. The van der Waals surface area contributed by atoms with Crippen LogP contribution < -0.4 is 5.32 Å². The van der Waals surface area contributed by atoms with Crippen molar-refractivity contribution in [3.8, 4) is 0 Å². The van der Waals surface area contributed by atoms with Gasteiger partial charge in [-0.2, -0.15) is 0 Å². The lowest BCUT2D eigenvalue weighted by Gasteiger charge is -2.17. The molecule has 1 amide bonds. The Morgan fingerprint density at radius 3 is 2.61 bits per heavy atom. The van der Waals surface area contributed by atoms with Gasteiger partial charge in [0.05, 0.1) is 7.11 Å². The number of nitrogens with one attached hydrogen (secondary N) is 1. The van der Waals surface area contributed by atoms with Crippen LogP contribution in [-0.4, -0.2) is 25.0 Å². The van der Waals surface area contributed by atoms with E-state index in [1.165, 1.54) is 25.3 Å². The summed E-state index contributed by atoms with van der Waals surface area (Å²) in [6.45, 7) is 0. The first kappa shape index (κ1) is 17.4. The molecular weight excluding hydrogens is 412 g/mol. The largest absolute Gasteiger partial charge is 0.467 e. The molecule has 0 saturated carbocycles. The maximum absolute atomic E-state index is 13.2. The van der Waals surface area contributed by atoms with Gasteiger partial charge >= 0.3 is 5.97 Å². The first-order valence-corrected chi connectivity index (χ1v) is 7.96. The quantitative estimate of drug-likeness (QED) is 0.590. The van der Waals surface area contributed by atoms with Gasteiger partial charge in [0.1, 0.15) is 11.9 Å². The first-order valence-electron chi connectivity index (χ1n) is 6.88. The molecule has 120 valence electrons. The third kappa shape index (κ3) is 5.02. The molecule has 0 spiro atoms. The second-order valence-corrected chi connectivity index (χ2v) is 6.14. The van der Waals surface area contributed by atoms with Crippen LogP contribution in [0.25, 0.3) is 0 Å². The number of ether oxygens (including phenoxy) is 1. The van der Waals surface area contributed by atoms with E-state index in [1.54, 1.807) is 0 Å². The summed E-state index contributed by atoms with van der Waals surface area (Å²) in [5.41, 5.74) is 1.05. The minimum atomic E-state index is -0.839. The average Bonchev–Trinajstić information content (AvgIpc) is 2.53. The number of benzene rings is 2. The normalized spacial score (nSPS) is 11.6. The van der Waals surface area contributed by atoms with Gasteiger partial charge in [-0.1, -0.05) is 18.2 Å². The van der Waals surface area contributed by atoms with E-state index in [1.807, 2.05) is 24.3 Å². The van der Waals surface area contributed by atoms with E-state index in [0.29, 0.717) is 6.42 Å². The van der Waals surface area contributed by atoms with Crippen molar-refractivity contribution >= 4 is 34.5 Å². The van der Waals surface area contributed by atoms with Crippen molar-refractivity contribution in [2.45, 2.75) is 12.5 Å². The van der Waals surface area contributed by atoms with Crippen molar-refractivity contribution in [1.82, 2.24) is 5.32 Å². The lowest BCUT2D eigenvalue weighted by Crippen LogP contribution is -2.43. The number of carbonyl (C=O) groups is 2. The van der Waals surface area contributed by atoms with Gasteiger partial charge < -0.3 is 10.1 Å². The molecule has 1 N–H and O–H groups in total. The number of hydrogen-bond donors (Lipinski definition) is 1. The maximum Gasteiger partial charge on any atom is 0.328 e. The molecule has 0 bridgehead atoms. The number of hydrogen-bond acceptors (Lipinski definition) is 3. The van der Waals surface area contributed by atoms with Crippen LogP contribution in [0, 0.1) is 9.39 Å². The van der Waals surface area contributed by atoms with Crippen molar-refractivity contribution in [3.05, 3.63) is 69.0 Å². The topological polar surface area (TPSA) is 55.4 Å². The summed E-state index contributed by atoms with van der Waals surface area (Å²) in [5, 5.41) is 2.60. The average molecular weight is 427 g/mol. The fraction of sp³-hybridized carbons (Fsp3) is 0.176. The Labute approximate surface area is 147 Å². The highest BCUT2D eigenvalue weighted by atomic mass is 127. The highest BCUT2D eigenvalue weighted by Gasteiger charge is 2.22. The van der Waals surface area contributed by atoms with E-state index in [4.69, 9.17) is 4.74 Å². The molecule has 6 heteroatoms. The summed E-state index contributed by atoms with van der Waals surface area (Å²) < 4.78 is 19.0. The summed E-state index contributed by atoms with van der Waals surface area (Å²) >= 11 is 2.17. The van der Waals surface area contributed by atoms with Crippen molar-refractivity contribution in [3.63, 3.8) is 0 Å². The highest BCUT2D eigenvalue weighted by molar-refractivity contribution is 14.1. The zero-order chi connectivity index (χ0) is 16.8. The summed E-state index contributed by atoms with van der Waals surface area (Å²) in [7, 11) is 1.26. The lowest BCUT2D eigenvalue weighted by atomic mass is 10.1. The molecule has 4 nitrogen and oxygen atoms in total. The van der Waals surface area contributed by atoms with Crippen molar-refractivity contribution in [1.29, 1.82) is 0 Å². The number of methoxy groups -OCH3 is 1. The highest BCUT2D eigenvalue weighted by Crippen LogP contribution is 2.11. The second-order valence-electron chi connectivity index (χ2n) is 4.89. The Kier molecular flexibility index (Phi) is 6.09. The van der Waals surface area contributed by atoms with E-state index in [9.17, 15) is 14.0 Å². The van der Waals surface area contributed by atoms with Crippen molar-refractivity contribution < 1.29 is 18.7 Å². The van der Waals surface area contributed by atoms with Crippen LogP contribution in [0.4, 0.5) is 4.39 Å². The molecule has 2 aromatic rings. The van der Waals surface area contributed by atoms with Gasteiger partial charge in [-0.15, -0.1) is 0 Å². The third-order valence-electron chi connectivity index (χ3n) is 3.21. The third-order valence-corrected chi connectivity index (χ3v) is 3.88. The molecule has 0 aliphatic rings. The van der Waals surface area contributed by atoms with Gasteiger partial charge in [0.25, 0.3) is 5.91 Å². The molecule has 2 rings (SSSR count). The Morgan fingerprint density at radius 1 is 1.22 bits per heavy atom. The van der Waals surface area contributed by atoms with Gasteiger partial charge in [0.2, 0.25) is 0 Å². The Morgan fingerprint density at radius 2 is 1.96 bits per heavy atom. The molecule has 1 atom stereocenters. The molecule has 0 aliphatic carbocycles. The van der Waals surface area contributed by atoms with Crippen LogP contribution in [0.2, 0.25) is 0 Å². The fourth-order valence-corrected chi connectivity index (χ4v) is 2.71. The standard InChI is InChI=1S/C17H15FINO3/c1-23-17(22)15(9-11-4-2-7-14(19)8-11)20-16(21)12-5-3-6-13(18)10-12/h2-8,10,15H,9H2,1H3,(H,20,21)/t15-/m1/s1. The lowest BCUT2D eigenvalue weighted by molar-refractivity contribution is -0.142. The molecule has 23 heavy (non-hydrogen) atoms. The van der Waals surface area contributed by atoms with Gasteiger partial charge in [-0.3, -0.25) is 4.79 Å². The molecule has 2 aromatic carbocycles. The predicted molar refractivity (Wildman–Crippen MR) is 92.5 cm³/mol. The molecule has 0 aromatic heterocycles. The molecule has 0 heterocycles. The zero-order valence-electron chi connectivity index (χ0n) is 12.4. The molecule has 0 unspecified atom stereocenters. The molecule has 0 aliphatic heterocycles. The van der Waals surface area contributed by atoms with Crippen LogP contribution in [0.15, 0.2) is 48.5 Å². The molecular formula is C17H15FINO3. The van der Waals surface area contributed by atoms with E-state index >= 15 is 0 Å². The van der Waals surface area contributed by atoms with E-state index in [-0.39, 0.29) is 5.56 Å². The Bertz CT molecular complexity index is 720. The number of carbonyl (C=O) groups excluding carboxylic acids is 2. The fourth-order valence-electron chi connectivity index (χ4n) is 2.11. The summed E-state index contributed by atoms with van der Waals surface area (Å²) in [6, 6.07) is 12.1. The Balaban J connectivity index is 2.15. The Hall–Kier alpha value is -1.96. The molecule has 0 fully saturated rings. The monoisotopic (exact) mass is 427 g/mol. The number of halogens is 2. The van der Waals surface area contributed by atoms with Gasteiger partial charge in [-0.25, -0.2) is 9.18 Å². The van der Waals surface area contributed by atoms with E-state index in [2.05, 4.69) is 27.9 Å². The van der Waals surface area contributed by atoms with Crippen molar-refractivity contribution in [2.24, 2.45) is 0 Å². The first-order chi connectivity index (χ1) is 11.0. The van der Waals surface area contributed by atoms with E-state index < -0.39 is 23.7 Å². The SMILES string of the molecule is COC(=O)[C@@H](Cc1cccc(I)c1)NC(=O)c1cccc(F)c1. The zero-order valence-corrected chi connectivity index (χ0v) is 14.5.